The Bertz CT molecular complexity index is 1060. The molecule has 1 aromatic heterocycles. The molecule has 1 amide bonds. The number of aromatic nitrogens is 2. The number of nitrogens with one attached hydrogen (secondary N) is 1. The van der Waals surface area contributed by atoms with Crippen LogP contribution in [0.2, 0.25) is 0 Å². The molecule has 2 aliphatic heterocycles. The minimum absolute atomic E-state index is 0.295. The Hall–Kier alpha value is -3.43. The fraction of sp³-hybridized carbons (Fsp3) is 0.500. The van der Waals surface area contributed by atoms with Gasteiger partial charge in [-0.05, 0) is 43.7 Å². The van der Waals surface area contributed by atoms with Crippen molar-refractivity contribution in [3.05, 3.63) is 53.1 Å². The van der Waals surface area contributed by atoms with E-state index in [1.165, 1.54) is 6.92 Å². The molecule has 182 valence electrons. The number of guanidine groups is 1. The first-order valence-corrected chi connectivity index (χ1v) is 11.8. The smallest absolute Gasteiger partial charge is 0.407 e. The zero-order valence-electron chi connectivity index (χ0n) is 19.5. The van der Waals surface area contributed by atoms with E-state index in [0.717, 1.165) is 50.2 Å². The molecule has 0 saturated carbocycles. The number of likely N-dealkylation sites (tertiary alicyclic amines) is 1. The highest BCUT2D eigenvalue weighted by Crippen LogP contribution is 2.18. The number of imidazole rings is 1. The average molecular weight is 470 g/mol. The summed E-state index contributed by atoms with van der Waals surface area (Å²) >= 11 is 0. The molecule has 1 atom stereocenters. The number of halogens is 1. The number of benzene rings is 1. The molecular weight excluding hydrogens is 437 g/mol. The number of alkyl carbamates (subject to hydrolysis) is 1. The summed E-state index contributed by atoms with van der Waals surface area (Å²) in [5, 5.41) is 2.70. The predicted molar refractivity (Wildman–Crippen MR) is 128 cm³/mol. The summed E-state index contributed by atoms with van der Waals surface area (Å²) in [6, 6.07) is 7.10. The monoisotopic (exact) mass is 469 g/mol. The third kappa shape index (κ3) is 5.92. The van der Waals surface area contributed by atoms with Crippen molar-refractivity contribution in [3.8, 4) is 0 Å². The van der Waals surface area contributed by atoms with Crippen molar-refractivity contribution >= 4 is 17.9 Å². The van der Waals surface area contributed by atoms with E-state index < -0.39 is 12.3 Å². The van der Waals surface area contributed by atoms with Crippen molar-refractivity contribution in [1.82, 2.24) is 19.8 Å². The molecule has 1 fully saturated rings. The number of hydrogen-bond acceptors (Lipinski definition) is 7. The van der Waals surface area contributed by atoms with Crippen molar-refractivity contribution in [3.63, 3.8) is 0 Å². The standard InChI is InChI=1S/C24H32FN7O2/c1-17(25)19-8-6-7-18(13-19)14-28-24(33)34-12-5-4-11-32-16-29-21-20(32)15-27-23(30-22(21)26)31-9-2-3-10-31/h6-8,13,16-17H,2-5,9-12,14-15H2,1H3,(H,28,33)(H2,26,27,30). The molecule has 9 nitrogen and oxygen atoms in total. The zero-order chi connectivity index (χ0) is 23.9. The average Bonchev–Trinajstić information content (AvgIpc) is 3.48. The molecular formula is C24H32FN7O2. The second kappa shape index (κ2) is 11.1. The van der Waals surface area contributed by atoms with Gasteiger partial charge >= 0.3 is 6.09 Å². The minimum atomic E-state index is -1.04. The molecule has 1 saturated heterocycles. The number of aryl methyl sites for hydroxylation is 1. The Morgan fingerprint density at radius 2 is 2.12 bits per heavy atom. The first-order chi connectivity index (χ1) is 16.5. The molecule has 0 aliphatic carbocycles. The molecule has 0 bridgehead atoms. The Morgan fingerprint density at radius 3 is 2.91 bits per heavy atom. The lowest BCUT2D eigenvalue weighted by Crippen LogP contribution is -2.28. The van der Waals surface area contributed by atoms with E-state index in [2.05, 4.69) is 25.2 Å². The highest BCUT2D eigenvalue weighted by Gasteiger charge is 2.22. The van der Waals surface area contributed by atoms with Crippen molar-refractivity contribution in [1.29, 1.82) is 0 Å². The van der Waals surface area contributed by atoms with Crippen molar-refractivity contribution in [2.24, 2.45) is 15.7 Å². The maximum absolute atomic E-state index is 13.4. The van der Waals surface area contributed by atoms with Crippen LogP contribution in [-0.4, -0.2) is 52.0 Å². The van der Waals surface area contributed by atoms with Gasteiger partial charge in [0.1, 0.15) is 11.9 Å². The first kappa shape index (κ1) is 23.7. The van der Waals surface area contributed by atoms with Gasteiger partial charge in [-0.15, -0.1) is 0 Å². The van der Waals surface area contributed by atoms with E-state index in [4.69, 9.17) is 10.5 Å². The topological polar surface area (TPSA) is 110 Å². The third-order valence-corrected chi connectivity index (χ3v) is 6.04. The van der Waals surface area contributed by atoms with Gasteiger partial charge in [0.15, 0.2) is 5.84 Å². The SMILES string of the molecule is CC(F)c1cccc(CNC(=O)OCCCCn2cnc3c2CN=C(N2CCCC2)N=C3N)c1. The summed E-state index contributed by atoms with van der Waals surface area (Å²) in [5.74, 6) is 1.10. The number of alkyl halides is 1. The maximum Gasteiger partial charge on any atom is 0.407 e. The fourth-order valence-electron chi connectivity index (χ4n) is 4.13. The number of carbonyl (C=O) groups is 1. The van der Waals surface area contributed by atoms with Crippen LogP contribution < -0.4 is 11.1 Å². The van der Waals surface area contributed by atoms with Crippen LogP contribution in [0.25, 0.3) is 0 Å². The van der Waals surface area contributed by atoms with Crippen LogP contribution in [0.1, 0.15) is 61.3 Å². The van der Waals surface area contributed by atoms with Crippen LogP contribution in [0.5, 0.6) is 0 Å². The largest absolute Gasteiger partial charge is 0.450 e. The number of nitrogens with zero attached hydrogens (tertiary/aromatic N) is 5. The van der Waals surface area contributed by atoms with E-state index in [-0.39, 0.29) is 0 Å². The highest BCUT2D eigenvalue weighted by atomic mass is 19.1. The van der Waals surface area contributed by atoms with Gasteiger partial charge < -0.3 is 25.3 Å². The van der Waals surface area contributed by atoms with Crippen LogP contribution in [0.3, 0.4) is 0 Å². The number of hydrogen-bond donors (Lipinski definition) is 2. The molecule has 34 heavy (non-hydrogen) atoms. The van der Waals surface area contributed by atoms with Gasteiger partial charge in [0.2, 0.25) is 5.96 Å². The lowest BCUT2D eigenvalue weighted by Gasteiger charge is -2.15. The second-order valence-electron chi connectivity index (χ2n) is 8.60. The van der Waals surface area contributed by atoms with Gasteiger partial charge in [0.05, 0.1) is 25.2 Å². The van der Waals surface area contributed by atoms with E-state index >= 15 is 0 Å². The fourth-order valence-corrected chi connectivity index (χ4v) is 4.13. The predicted octanol–water partition coefficient (Wildman–Crippen LogP) is 3.29. The molecule has 2 aromatic rings. The summed E-state index contributed by atoms with van der Waals surface area (Å²) in [7, 11) is 0. The number of carbonyl (C=O) groups excluding carboxylic acids is 1. The maximum atomic E-state index is 13.4. The van der Waals surface area contributed by atoms with Crippen LogP contribution in [0.4, 0.5) is 9.18 Å². The van der Waals surface area contributed by atoms with Gasteiger partial charge in [-0.3, -0.25) is 0 Å². The molecule has 4 rings (SSSR count). The summed E-state index contributed by atoms with van der Waals surface area (Å²) in [6.45, 7) is 5.24. The molecule has 1 aromatic carbocycles. The molecule has 3 heterocycles. The molecule has 2 aliphatic rings. The quantitative estimate of drug-likeness (QED) is 0.577. The molecule has 0 spiro atoms. The number of nitrogens with two attached hydrogens (primary N) is 1. The van der Waals surface area contributed by atoms with Gasteiger partial charge in [-0.2, -0.15) is 4.99 Å². The first-order valence-electron chi connectivity index (χ1n) is 11.8. The van der Waals surface area contributed by atoms with Crippen LogP contribution >= 0.6 is 0 Å². The van der Waals surface area contributed by atoms with Gasteiger partial charge in [0.25, 0.3) is 0 Å². The number of unbranched alkanes of at least 4 members (excludes halogenated alkanes) is 1. The van der Waals surface area contributed by atoms with Crippen LogP contribution in [0, 0.1) is 0 Å². The Labute approximate surface area is 198 Å². The van der Waals surface area contributed by atoms with Crippen molar-refractivity contribution in [2.45, 2.75) is 58.4 Å². The van der Waals surface area contributed by atoms with E-state index in [1.54, 1.807) is 24.5 Å². The van der Waals surface area contributed by atoms with Crippen molar-refractivity contribution in [2.75, 3.05) is 19.7 Å². The molecule has 1 unspecified atom stereocenters. The normalized spacial score (nSPS) is 16.4. The Balaban J connectivity index is 1.19. The van der Waals surface area contributed by atoms with Gasteiger partial charge in [-0.1, -0.05) is 24.3 Å². The van der Waals surface area contributed by atoms with Gasteiger partial charge in [0, 0.05) is 26.2 Å². The van der Waals surface area contributed by atoms with Gasteiger partial charge in [-0.25, -0.2) is 19.2 Å². The third-order valence-electron chi connectivity index (χ3n) is 6.04. The number of ether oxygens (including phenoxy) is 1. The summed E-state index contributed by atoms with van der Waals surface area (Å²) in [6.07, 6.45) is 4.06. The minimum Gasteiger partial charge on any atom is -0.450 e. The lowest BCUT2D eigenvalue weighted by molar-refractivity contribution is 0.143. The van der Waals surface area contributed by atoms with E-state index in [9.17, 15) is 9.18 Å². The number of fused-ring (bicyclic) bond motifs is 1. The summed E-state index contributed by atoms with van der Waals surface area (Å²) in [5.41, 5.74) is 9.28. The van der Waals surface area contributed by atoms with Crippen LogP contribution in [-0.2, 0) is 24.4 Å². The lowest BCUT2D eigenvalue weighted by atomic mass is 10.1. The highest BCUT2D eigenvalue weighted by molar-refractivity contribution is 6.05. The number of amidine groups is 1. The zero-order valence-corrected chi connectivity index (χ0v) is 19.5. The van der Waals surface area contributed by atoms with E-state index in [1.807, 2.05) is 10.6 Å². The number of aliphatic imine (C=N–C) groups is 2. The van der Waals surface area contributed by atoms with Crippen molar-refractivity contribution < 1.29 is 13.9 Å². The molecule has 0 radical (unpaired) electrons. The second-order valence-corrected chi connectivity index (χ2v) is 8.60. The summed E-state index contributed by atoms with van der Waals surface area (Å²) in [4.78, 5) is 27.8. The number of amides is 1. The van der Waals surface area contributed by atoms with Crippen LogP contribution in [0.15, 0.2) is 40.6 Å². The van der Waals surface area contributed by atoms with E-state index in [0.29, 0.717) is 49.2 Å². The number of rotatable bonds is 8. The Kier molecular flexibility index (Phi) is 7.76. The molecule has 10 heteroatoms. The Morgan fingerprint density at radius 1 is 1.29 bits per heavy atom. The summed E-state index contributed by atoms with van der Waals surface area (Å²) < 4.78 is 20.7. The molecule has 3 N–H and O–H groups in total.